The molecule has 0 radical (unpaired) electrons. The number of piperazine rings is 1. The van der Waals surface area contributed by atoms with Gasteiger partial charge in [-0.2, -0.15) is 0 Å². The standard InChI is InChI=1S/C29H32ClN5O4/c1-38-22-10-8-21(9-11-22)26-12-13-27(32-31-26)33-14-16-34(17-15-33)28(36)20-35(19-23-5-4-18-39-23)29(37)24-6-2-3-7-25(24)30/h2-3,6-13,23H,4-5,14-20H2,1H3/t23-/m0/s1. The van der Waals surface area contributed by atoms with Crippen LogP contribution in [0.5, 0.6) is 5.75 Å². The van der Waals surface area contributed by atoms with Crippen LogP contribution >= 0.6 is 11.6 Å². The van der Waals surface area contributed by atoms with Crippen LogP contribution in [0.4, 0.5) is 5.82 Å². The highest BCUT2D eigenvalue weighted by atomic mass is 35.5. The Morgan fingerprint density at radius 3 is 2.44 bits per heavy atom. The normalized spacial score (nSPS) is 17.2. The fourth-order valence-corrected chi connectivity index (χ4v) is 5.13. The van der Waals surface area contributed by atoms with E-state index in [2.05, 4.69) is 15.1 Å². The van der Waals surface area contributed by atoms with E-state index in [0.29, 0.717) is 49.9 Å². The van der Waals surface area contributed by atoms with Gasteiger partial charge in [0.2, 0.25) is 5.91 Å². The van der Waals surface area contributed by atoms with Gasteiger partial charge in [-0.3, -0.25) is 9.59 Å². The summed E-state index contributed by atoms with van der Waals surface area (Å²) in [6, 6.07) is 18.5. The van der Waals surface area contributed by atoms with Gasteiger partial charge >= 0.3 is 0 Å². The average Bonchev–Trinajstić information content (AvgIpc) is 3.50. The molecular weight excluding hydrogens is 518 g/mol. The van der Waals surface area contributed by atoms with E-state index in [-0.39, 0.29) is 24.5 Å². The number of hydrogen-bond donors (Lipinski definition) is 0. The highest BCUT2D eigenvalue weighted by Gasteiger charge is 2.29. The Labute approximate surface area is 233 Å². The van der Waals surface area contributed by atoms with Crippen LogP contribution in [0.3, 0.4) is 0 Å². The zero-order valence-electron chi connectivity index (χ0n) is 22.0. The molecule has 204 valence electrons. The third kappa shape index (κ3) is 6.49. The van der Waals surface area contributed by atoms with Gasteiger partial charge in [0.25, 0.3) is 5.91 Å². The van der Waals surface area contributed by atoms with Crippen LogP contribution in [-0.2, 0) is 9.53 Å². The molecule has 5 rings (SSSR count). The Hall–Kier alpha value is -3.69. The van der Waals surface area contributed by atoms with Crippen molar-refractivity contribution in [3.05, 3.63) is 71.2 Å². The van der Waals surface area contributed by atoms with Crippen LogP contribution in [0, 0.1) is 0 Å². The Kier molecular flexibility index (Phi) is 8.58. The Morgan fingerprint density at radius 2 is 1.79 bits per heavy atom. The number of carbonyl (C=O) groups excluding carboxylic acids is 2. The van der Waals surface area contributed by atoms with Crippen molar-refractivity contribution < 1.29 is 19.1 Å². The second kappa shape index (κ2) is 12.4. The summed E-state index contributed by atoms with van der Waals surface area (Å²) >= 11 is 6.30. The number of ether oxygens (including phenoxy) is 2. The molecule has 2 aliphatic heterocycles. The molecule has 1 aromatic heterocycles. The lowest BCUT2D eigenvalue weighted by Crippen LogP contribution is -2.52. The van der Waals surface area contributed by atoms with Gasteiger partial charge in [-0.25, -0.2) is 0 Å². The van der Waals surface area contributed by atoms with Crippen molar-refractivity contribution in [1.29, 1.82) is 0 Å². The number of hydrogen-bond acceptors (Lipinski definition) is 7. The van der Waals surface area contributed by atoms with E-state index in [9.17, 15) is 9.59 Å². The third-order valence-corrected chi connectivity index (χ3v) is 7.49. The fraction of sp³-hybridized carbons (Fsp3) is 0.379. The summed E-state index contributed by atoms with van der Waals surface area (Å²) < 4.78 is 11.0. The maximum absolute atomic E-state index is 13.4. The van der Waals surface area contributed by atoms with E-state index < -0.39 is 0 Å². The van der Waals surface area contributed by atoms with E-state index in [1.54, 1.807) is 41.2 Å². The van der Waals surface area contributed by atoms with Crippen LogP contribution in [0.2, 0.25) is 5.02 Å². The Morgan fingerprint density at radius 1 is 1.03 bits per heavy atom. The minimum atomic E-state index is -0.254. The first-order chi connectivity index (χ1) is 19.0. The first-order valence-electron chi connectivity index (χ1n) is 13.2. The summed E-state index contributed by atoms with van der Waals surface area (Å²) in [6.07, 6.45) is 1.76. The molecule has 3 aromatic rings. The fourth-order valence-electron chi connectivity index (χ4n) is 4.92. The molecule has 1 atom stereocenters. The summed E-state index contributed by atoms with van der Waals surface area (Å²) in [7, 11) is 1.64. The average molecular weight is 550 g/mol. The number of aromatic nitrogens is 2. The number of halogens is 1. The molecular formula is C29H32ClN5O4. The minimum absolute atomic E-state index is 0.0136. The molecule has 0 unspecified atom stereocenters. The van der Waals surface area contributed by atoms with Crippen LogP contribution in [0.1, 0.15) is 23.2 Å². The van der Waals surface area contributed by atoms with Gasteiger partial charge in [-0.05, 0) is 61.4 Å². The number of anilines is 1. The molecule has 2 aliphatic rings. The number of benzene rings is 2. The number of methoxy groups -OCH3 is 1. The first kappa shape index (κ1) is 26.9. The summed E-state index contributed by atoms with van der Waals surface area (Å²) in [6.45, 7) is 3.37. The van der Waals surface area contributed by atoms with E-state index in [4.69, 9.17) is 21.1 Å². The molecule has 0 spiro atoms. The number of carbonyl (C=O) groups is 2. The van der Waals surface area contributed by atoms with Gasteiger partial charge in [-0.15, -0.1) is 10.2 Å². The number of amides is 2. The molecule has 0 saturated carbocycles. The van der Waals surface area contributed by atoms with Crippen molar-refractivity contribution in [2.75, 3.05) is 57.9 Å². The largest absolute Gasteiger partial charge is 0.497 e. The van der Waals surface area contributed by atoms with Crippen molar-refractivity contribution in [1.82, 2.24) is 20.0 Å². The van der Waals surface area contributed by atoms with Gasteiger partial charge in [0, 0.05) is 44.9 Å². The number of nitrogens with zero attached hydrogens (tertiary/aromatic N) is 5. The zero-order chi connectivity index (χ0) is 27.2. The van der Waals surface area contributed by atoms with Crippen LogP contribution in [-0.4, -0.2) is 90.9 Å². The summed E-state index contributed by atoms with van der Waals surface area (Å²) in [4.78, 5) is 32.2. The van der Waals surface area contributed by atoms with E-state index in [1.165, 1.54) is 0 Å². The van der Waals surface area contributed by atoms with Crippen molar-refractivity contribution >= 4 is 29.2 Å². The van der Waals surface area contributed by atoms with Gasteiger partial charge in [0.1, 0.15) is 12.3 Å². The SMILES string of the molecule is COc1ccc(-c2ccc(N3CCN(C(=O)CN(C[C@@H]4CCCO4)C(=O)c4ccccc4Cl)CC3)nn2)cc1. The monoisotopic (exact) mass is 549 g/mol. The molecule has 0 N–H and O–H groups in total. The number of rotatable bonds is 8. The molecule has 2 saturated heterocycles. The third-order valence-electron chi connectivity index (χ3n) is 7.16. The second-order valence-electron chi connectivity index (χ2n) is 9.67. The highest BCUT2D eigenvalue weighted by Crippen LogP contribution is 2.23. The predicted octanol–water partition coefficient (Wildman–Crippen LogP) is 3.78. The van der Waals surface area contributed by atoms with Crippen molar-refractivity contribution in [3.8, 4) is 17.0 Å². The Balaban J connectivity index is 1.19. The second-order valence-corrected chi connectivity index (χ2v) is 10.1. The van der Waals surface area contributed by atoms with Crippen LogP contribution < -0.4 is 9.64 Å². The van der Waals surface area contributed by atoms with E-state index in [1.807, 2.05) is 36.4 Å². The molecule has 10 heteroatoms. The Bertz CT molecular complexity index is 1270. The quantitative estimate of drug-likeness (QED) is 0.422. The summed E-state index contributed by atoms with van der Waals surface area (Å²) in [5, 5.41) is 9.20. The zero-order valence-corrected chi connectivity index (χ0v) is 22.7. The molecule has 0 bridgehead atoms. The van der Waals surface area contributed by atoms with E-state index in [0.717, 1.165) is 35.7 Å². The van der Waals surface area contributed by atoms with Crippen molar-refractivity contribution in [2.45, 2.75) is 18.9 Å². The maximum atomic E-state index is 13.4. The lowest BCUT2D eigenvalue weighted by Gasteiger charge is -2.36. The molecule has 0 aliphatic carbocycles. The van der Waals surface area contributed by atoms with Gasteiger partial charge in [-0.1, -0.05) is 23.7 Å². The molecule has 2 aromatic carbocycles. The molecule has 3 heterocycles. The highest BCUT2D eigenvalue weighted by molar-refractivity contribution is 6.33. The van der Waals surface area contributed by atoms with Crippen LogP contribution in [0.25, 0.3) is 11.3 Å². The summed E-state index contributed by atoms with van der Waals surface area (Å²) in [5.74, 6) is 1.22. The smallest absolute Gasteiger partial charge is 0.255 e. The van der Waals surface area contributed by atoms with Gasteiger partial charge in [0.05, 0.1) is 29.5 Å². The predicted molar refractivity (Wildman–Crippen MR) is 149 cm³/mol. The van der Waals surface area contributed by atoms with E-state index >= 15 is 0 Å². The lowest BCUT2D eigenvalue weighted by molar-refractivity contribution is -0.132. The lowest BCUT2D eigenvalue weighted by atomic mass is 10.1. The van der Waals surface area contributed by atoms with Crippen LogP contribution in [0.15, 0.2) is 60.7 Å². The van der Waals surface area contributed by atoms with Gasteiger partial charge < -0.3 is 24.2 Å². The molecule has 39 heavy (non-hydrogen) atoms. The first-order valence-corrected chi connectivity index (χ1v) is 13.6. The van der Waals surface area contributed by atoms with Gasteiger partial charge in [0.15, 0.2) is 5.82 Å². The molecule has 2 fully saturated rings. The minimum Gasteiger partial charge on any atom is -0.497 e. The molecule has 2 amide bonds. The van der Waals surface area contributed by atoms with Crippen molar-refractivity contribution in [3.63, 3.8) is 0 Å². The van der Waals surface area contributed by atoms with Crippen molar-refractivity contribution in [2.24, 2.45) is 0 Å². The summed E-state index contributed by atoms with van der Waals surface area (Å²) in [5.41, 5.74) is 2.14. The maximum Gasteiger partial charge on any atom is 0.255 e. The topological polar surface area (TPSA) is 88.1 Å². The molecule has 9 nitrogen and oxygen atoms in total.